The van der Waals surface area contributed by atoms with Crippen molar-refractivity contribution in [3.8, 4) is 0 Å². The highest BCUT2D eigenvalue weighted by molar-refractivity contribution is 7.09. The number of hydrogen-bond donors (Lipinski definition) is 1. The van der Waals surface area contributed by atoms with Gasteiger partial charge in [0.1, 0.15) is 0 Å². The van der Waals surface area contributed by atoms with Gasteiger partial charge >= 0.3 is 5.97 Å². The summed E-state index contributed by atoms with van der Waals surface area (Å²) in [7, 11) is 0. The Hall–Kier alpha value is -1.68. The summed E-state index contributed by atoms with van der Waals surface area (Å²) in [6, 6.07) is 4.37. The first kappa shape index (κ1) is 13.7. The zero-order valence-electron chi connectivity index (χ0n) is 11.4. The van der Waals surface area contributed by atoms with Crippen molar-refractivity contribution in [2.24, 2.45) is 0 Å². The Balaban J connectivity index is 2.12. The van der Waals surface area contributed by atoms with Gasteiger partial charge in [0, 0.05) is 11.8 Å². The number of aromatic nitrogens is 1. The maximum absolute atomic E-state index is 10.8. The summed E-state index contributed by atoms with van der Waals surface area (Å²) < 4.78 is 0. The summed E-state index contributed by atoms with van der Waals surface area (Å²) in [4.78, 5) is 14.9. The van der Waals surface area contributed by atoms with Gasteiger partial charge in [-0.05, 0) is 43.9 Å². The molecule has 4 heteroatoms. The van der Waals surface area contributed by atoms with Crippen LogP contribution in [0.15, 0.2) is 17.5 Å². The smallest absolute Gasteiger partial charge is 0.355 e. The van der Waals surface area contributed by atoms with Gasteiger partial charge in [-0.2, -0.15) is 0 Å². The van der Waals surface area contributed by atoms with Crippen LogP contribution in [0.3, 0.4) is 0 Å². The summed E-state index contributed by atoms with van der Waals surface area (Å²) in [6.45, 7) is 6.35. The Morgan fingerprint density at radius 3 is 2.37 bits per heavy atom. The number of hydrogen-bond acceptors (Lipinski definition) is 3. The predicted octanol–water partition coefficient (Wildman–Crippen LogP) is 3.55. The molecule has 0 aliphatic carbocycles. The Kier molecular flexibility index (Phi) is 4.00. The first-order chi connectivity index (χ1) is 8.97. The summed E-state index contributed by atoms with van der Waals surface area (Å²) in [5.74, 6) is -0.954. The molecule has 1 aromatic carbocycles. The third-order valence-electron chi connectivity index (χ3n) is 3.20. The van der Waals surface area contributed by atoms with E-state index < -0.39 is 5.97 Å². The topological polar surface area (TPSA) is 50.2 Å². The fourth-order valence-corrected chi connectivity index (χ4v) is 3.13. The third-order valence-corrected chi connectivity index (χ3v) is 4.11. The van der Waals surface area contributed by atoms with Crippen LogP contribution in [0, 0.1) is 20.8 Å². The molecule has 0 saturated carbocycles. The second-order valence-corrected chi connectivity index (χ2v) is 5.75. The number of carboxylic acid groups (broad SMARTS) is 1. The van der Waals surface area contributed by atoms with Crippen LogP contribution < -0.4 is 0 Å². The highest BCUT2D eigenvalue weighted by Crippen LogP contribution is 2.20. The first-order valence-electron chi connectivity index (χ1n) is 6.22. The molecule has 0 aliphatic rings. The fourth-order valence-electron chi connectivity index (χ4n) is 2.36. The van der Waals surface area contributed by atoms with Crippen LogP contribution in [0.25, 0.3) is 0 Å². The molecule has 3 nitrogen and oxygen atoms in total. The van der Waals surface area contributed by atoms with Crippen LogP contribution in [0.1, 0.15) is 37.7 Å². The normalized spacial score (nSPS) is 10.7. The van der Waals surface area contributed by atoms with Gasteiger partial charge in [-0.15, -0.1) is 11.3 Å². The van der Waals surface area contributed by atoms with Crippen molar-refractivity contribution in [1.29, 1.82) is 0 Å². The number of carbonyl (C=O) groups is 1. The van der Waals surface area contributed by atoms with E-state index in [2.05, 4.69) is 37.9 Å². The largest absolute Gasteiger partial charge is 0.476 e. The minimum absolute atomic E-state index is 0.150. The van der Waals surface area contributed by atoms with Crippen molar-refractivity contribution in [3.05, 3.63) is 50.5 Å². The molecule has 1 aromatic heterocycles. The summed E-state index contributed by atoms with van der Waals surface area (Å²) in [6.07, 6.45) is 1.70. The molecule has 0 radical (unpaired) electrons. The maximum Gasteiger partial charge on any atom is 0.355 e. The molecule has 0 spiro atoms. The summed E-state index contributed by atoms with van der Waals surface area (Å²) in [5.41, 5.74) is 5.37. The molecule has 0 saturated heterocycles. The minimum atomic E-state index is -0.954. The lowest BCUT2D eigenvalue weighted by atomic mass is 9.96. The lowest BCUT2D eigenvalue weighted by molar-refractivity contribution is 0.0691. The SMILES string of the molecule is Cc1cc(C)c(CCc2nc(C(=O)O)cs2)c(C)c1. The van der Waals surface area contributed by atoms with Crippen LogP contribution in [-0.4, -0.2) is 16.1 Å². The molecule has 0 unspecified atom stereocenters. The van der Waals surface area contributed by atoms with Crippen LogP contribution >= 0.6 is 11.3 Å². The number of benzene rings is 1. The monoisotopic (exact) mass is 275 g/mol. The Labute approximate surface area is 116 Å². The lowest BCUT2D eigenvalue weighted by Gasteiger charge is -2.10. The average Bonchev–Trinajstić information content (AvgIpc) is 2.76. The van der Waals surface area contributed by atoms with E-state index >= 15 is 0 Å². The van der Waals surface area contributed by atoms with E-state index in [4.69, 9.17) is 5.11 Å². The van der Waals surface area contributed by atoms with Crippen molar-refractivity contribution in [2.45, 2.75) is 33.6 Å². The van der Waals surface area contributed by atoms with Crippen molar-refractivity contribution in [3.63, 3.8) is 0 Å². The molecule has 0 atom stereocenters. The van der Waals surface area contributed by atoms with Gasteiger partial charge in [0.05, 0.1) is 5.01 Å². The van der Waals surface area contributed by atoms with Gasteiger partial charge in [-0.1, -0.05) is 17.7 Å². The quantitative estimate of drug-likeness (QED) is 0.928. The summed E-state index contributed by atoms with van der Waals surface area (Å²) >= 11 is 1.42. The van der Waals surface area contributed by atoms with Crippen LogP contribution in [0.4, 0.5) is 0 Å². The molecule has 19 heavy (non-hydrogen) atoms. The van der Waals surface area contributed by atoms with E-state index in [1.807, 2.05) is 0 Å². The molecule has 1 N–H and O–H groups in total. The van der Waals surface area contributed by atoms with Gasteiger partial charge in [-0.3, -0.25) is 0 Å². The molecule has 2 rings (SSSR count). The molecule has 0 amide bonds. The van der Waals surface area contributed by atoms with E-state index in [1.165, 1.54) is 33.6 Å². The maximum atomic E-state index is 10.8. The van der Waals surface area contributed by atoms with E-state index in [9.17, 15) is 4.79 Å². The van der Waals surface area contributed by atoms with Gasteiger partial charge in [0.15, 0.2) is 5.69 Å². The van der Waals surface area contributed by atoms with Crippen molar-refractivity contribution in [1.82, 2.24) is 4.98 Å². The van der Waals surface area contributed by atoms with Gasteiger partial charge < -0.3 is 5.11 Å². The fraction of sp³-hybridized carbons (Fsp3) is 0.333. The standard InChI is InChI=1S/C15H17NO2S/c1-9-6-10(2)12(11(3)7-9)4-5-14-16-13(8-19-14)15(17)18/h6-8H,4-5H2,1-3H3,(H,17,18). The zero-order chi connectivity index (χ0) is 14.0. The molecule has 0 bridgehead atoms. The Morgan fingerprint density at radius 1 is 1.21 bits per heavy atom. The van der Waals surface area contributed by atoms with Gasteiger partial charge in [0.25, 0.3) is 0 Å². The van der Waals surface area contributed by atoms with E-state index in [0.717, 1.165) is 17.8 Å². The van der Waals surface area contributed by atoms with E-state index in [1.54, 1.807) is 5.38 Å². The number of nitrogens with zero attached hydrogens (tertiary/aromatic N) is 1. The van der Waals surface area contributed by atoms with Gasteiger partial charge in [-0.25, -0.2) is 9.78 Å². The van der Waals surface area contributed by atoms with E-state index in [-0.39, 0.29) is 5.69 Å². The Bertz CT molecular complexity index is 593. The van der Waals surface area contributed by atoms with Crippen LogP contribution in [0.2, 0.25) is 0 Å². The number of thiazole rings is 1. The number of aromatic carboxylic acids is 1. The number of carboxylic acids is 1. The highest BCUT2D eigenvalue weighted by atomic mass is 32.1. The molecular formula is C15H17NO2S. The van der Waals surface area contributed by atoms with Crippen molar-refractivity contribution >= 4 is 17.3 Å². The van der Waals surface area contributed by atoms with Crippen molar-refractivity contribution < 1.29 is 9.90 Å². The van der Waals surface area contributed by atoms with Crippen molar-refractivity contribution in [2.75, 3.05) is 0 Å². The number of rotatable bonds is 4. The third kappa shape index (κ3) is 3.20. The second kappa shape index (κ2) is 5.53. The predicted molar refractivity (Wildman–Crippen MR) is 77.1 cm³/mol. The van der Waals surface area contributed by atoms with Crippen LogP contribution in [0.5, 0.6) is 0 Å². The second-order valence-electron chi connectivity index (χ2n) is 4.81. The average molecular weight is 275 g/mol. The lowest BCUT2D eigenvalue weighted by Crippen LogP contribution is -2.00. The first-order valence-corrected chi connectivity index (χ1v) is 7.09. The Morgan fingerprint density at radius 2 is 1.84 bits per heavy atom. The molecular weight excluding hydrogens is 258 g/mol. The van der Waals surface area contributed by atoms with Gasteiger partial charge in [0.2, 0.25) is 0 Å². The number of aryl methyl sites for hydroxylation is 4. The molecule has 0 aliphatic heterocycles. The molecule has 100 valence electrons. The van der Waals surface area contributed by atoms with Crippen LogP contribution in [-0.2, 0) is 12.8 Å². The van der Waals surface area contributed by atoms with E-state index in [0.29, 0.717) is 0 Å². The molecule has 0 fully saturated rings. The molecule has 2 aromatic rings. The summed E-state index contributed by atoms with van der Waals surface area (Å²) in [5, 5.41) is 11.3. The zero-order valence-corrected chi connectivity index (χ0v) is 12.2. The highest BCUT2D eigenvalue weighted by Gasteiger charge is 2.10. The minimum Gasteiger partial charge on any atom is -0.476 e. The molecule has 1 heterocycles.